The van der Waals surface area contributed by atoms with Crippen LogP contribution in [0.15, 0.2) is 47.4 Å². The summed E-state index contributed by atoms with van der Waals surface area (Å²) in [6, 6.07) is 8.57. The zero-order chi connectivity index (χ0) is 24.9. The topological polar surface area (TPSA) is 83.8 Å². The van der Waals surface area contributed by atoms with Gasteiger partial charge in [-0.05, 0) is 61.9 Å². The molecule has 0 atom stereocenters. The van der Waals surface area contributed by atoms with Crippen LogP contribution < -0.4 is 4.74 Å². The van der Waals surface area contributed by atoms with Gasteiger partial charge in [0.2, 0.25) is 0 Å². The van der Waals surface area contributed by atoms with E-state index in [9.17, 15) is 26.4 Å². The minimum atomic E-state index is -4.60. The van der Waals surface area contributed by atoms with Gasteiger partial charge in [-0.1, -0.05) is 0 Å². The van der Waals surface area contributed by atoms with Crippen molar-refractivity contribution in [1.29, 1.82) is 0 Å². The Balaban J connectivity index is 1.85. The summed E-state index contributed by atoms with van der Waals surface area (Å²) < 4.78 is 83.9. The number of benzene rings is 2. The molecule has 1 aromatic heterocycles. The van der Waals surface area contributed by atoms with E-state index < -0.39 is 33.3 Å². The average molecular weight is 497 g/mol. The maximum atomic E-state index is 13.7. The lowest BCUT2D eigenvalue weighted by Crippen LogP contribution is -2.36. The van der Waals surface area contributed by atoms with Crippen molar-refractivity contribution >= 4 is 26.9 Å². The van der Waals surface area contributed by atoms with Crippen LogP contribution in [-0.4, -0.2) is 37.7 Å². The lowest BCUT2D eigenvalue weighted by Gasteiger charge is -2.22. The van der Waals surface area contributed by atoms with Crippen LogP contribution in [0, 0.1) is 0 Å². The fraction of sp³-hybridized carbons (Fsp3) is 0.348. The van der Waals surface area contributed by atoms with Crippen LogP contribution in [0.25, 0.3) is 10.9 Å². The number of hydrogen-bond donors (Lipinski definition) is 0. The van der Waals surface area contributed by atoms with Crippen LogP contribution in [0.5, 0.6) is 5.75 Å². The first-order valence-corrected chi connectivity index (χ1v) is 11.7. The van der Waals surface area contributed by atoms with Crippen LogP contribution in [0.3, 0.4) is 0 Å². The van der Waals surface area contributed by atoms with Gasteiger partial charge in [-0.3, -0.25) is 0 Å². The van der Waals surface area contributed by atoms with Crippen molar-refractivity contribution < 1.29 is 40.6 Å². The van der Waals surface area contributed by atoms with Gasteiger partial charge in [-0.2, -0.15) is 13.2 Å². The fourth-order valence-electron chi connectivity index (χ4n) is 3.80. The Morgan fingerprint density at radius 1 is 1.12 bits per heavy atom. The minimum Gasteiger partial charge on any atom is -0.493 e. The van der Waals surface area contributed by atoms with Crippen molar-refractivity contribution in [2.45, 2.75) is 43.5 Å². The van der Waals surface area contributed by atoms with Gasteiger partial charge in [0.15, 0.2) is 5.60 Å². The predicted octanol–water partition coefficient (Wildman–Crippen LogP) is 4.30. The normalized spacial score (nSPS) is 14.2. The number of hydrogen-bond acceptors (Lipinski definition) is 6. The van der Waals surface area contributed by atoms with Crippen LogP contribution in [0.2, 0.25) is 0 Å². The Morgan fingerprint density at radius 3 is 2.53 bits per heavy atom. The first-order valence-electron chi connectivity index (χ1n) is 10.3. The molecule has 0 fully saturated rings. The highest BCUT2D eigenvalue weighted by Crippen LogP contribution is 2.35. The molecule has 0 bridgehead atoms. The van der Waals surface area contributed by atoms with Gasteiger partial charge in [0.25, 0.3) is 10.0 Å². The molecule has 7 nitrogen and oxygen atoms in total. The number of carbonyl (C=O) groups is 1. The number of carbonyl (C=O) groups excluding carboxylic acids is 1. The molecule has 2 aromatic carbocycles. The standard InChI is InChI=1S/C23H22F3NO6S/c1-22(2,21(28)31-3)33-13-17-11-15-10-16(23(24,25)26)4-6-19(15)27(17)34(29,30)18-5-7-20-14(12-18)8-9-32-20/h4-7,10-12H,8-9,13H2,1-3H3. The Kier molecular flexibility index (Phi) is 5.89. The highest BCUT2D eigenvalue weighted by atomic mass is 32.2. The second-order valence-electron chi connectivity index (χ2n) is 8.34. The summed E-state index contributed by atoms with van der Waals surface area (Å²) in [5, 5.41) is 0.0670. The molecule has 34 heavy (non-hydrogen) atoms. The zero-order valence-corrected chi connectivity index (χ0v) is 19.4. The van der Waals surface area contributed by atoms with E-state index in [0.717, 1.165) is 27.7 Å². The lowest BCUT2D eigenvalue weighted by atomic mass is 10.1. The number of rotatable bonds is 6. The summed E-state index contributed by atoms with van der Waals surface area (Å²) in [7, 11) is -3.05. The highest BCUT2D eigenvalue weighted by Gasteiger charge is 2.34. The van der Waals surface area contributed by atoms with E-state index in [1.165, 1.54) is 39.2 Å². The molecule has 11 heteroatoms. The van der Waals surface area contributed by atoms with Gasteiger partial charge in [-0.15, -0.1) is 0 Å². The maximum Gasteiger partial charge on any atom is 0.416 e. The molecule has 1 aliphatic rings. The molecule has 0 N–H and O–H groups in total. The van der Waals surface area contributed by atoms with E-state index in [1.807, 2.05) is 0 Å². The van der Waals surface area contributed by atoms with Crippen LogP contribution in [-0.2, 0) is 43.5 Å². The Morgan fingerprint density at radius 2 is 1.85 bits per heavy atom. The van der Waals surface area contributed by atoms with E-state index in [0.29, 0.717) is 18.8 Å². The Labute approximate surface area is 194 Å². The smallest absolute Gasteiger partial charge is 0.416 e. The molecule has 0 spiro atoms. The third-order valence-electron chi connectivity index (χ3n) is 5.61. The first kappa shape index (κ1) is 24.1. The quantitative estimate of drug-likeness (QED) is 0.473. The second-order valence-corrected chi connectivity index (χ2v) is 10.1. The number of alkyl halides is 3. The molecular formula is C23H22F3NO6S. The van der Waals surface area contributed by atoms with Crippen LogP contribution in [0.1, 0.15) is 30.7 Å². The number of halogens is 3. The molecule has 0 aliphatic carbocycles. The predicted molar refractivity (Wildman–Crippen MR) is 116 cm³/mol. The second kappa shape index (κ2) is 8.31. The number of methoxy groups -OCH3 is 1. The number of nitrogens with zero attached hydrogens (tertiary/aromatic N) is 1. The highest BCUT2D eigenvalue weighted by molar-refractivity contribution is 7.90. The molecule has 4 rings (SSSR count). The van der Waals surface area contributed by atoms with Gasteiger partial charge < -0.3 is 14.2 Å². The van der Waals surface area contributed by atoms with Gasteiger partial charge >= 0.3 is 12.1 Å². The van der Waals surface area contributed by atoms with Gasteiger partial charge in [0.05, 0.1) is 42.0 Å². The monoisotopic (exact) mass is 497 g/mol. The summed E-state index contributed by atoms with van der Waals surface area (Å²) in [6.45, 7) is 2.96. The molecule has 1 aliphatic heterocycles. The molecular weight excluding hydrogens is 475 g/mol. The third-order valence-corrected chi connectivity index (χ3v) is 7.38. The molecule has 2 heterocycles. The molecule has 0 radical (unpaired) electrons. The summed E-state index contributed by atoms with van der Waals surface area (Å²) in [5.41, 5.74) is -1.49. The van der Waals surface area contributed by atoms with E-state index in [1.54, 1.807) is 6.07 Å². The maximum absolute atomic E-state index is 13.7. The molecule has 0 unspecified atom stereocenters. The summed E-state index contributed by atoms with van der Waals surface area (Å²) in [6.07, 6.45) is -4.05. The molecule has 0 saturated heterocycles. The van der Waals surface area contributed by atoms with E-state index in [2.05, 4.69) is 0 Å². The third kappa shape index (κ3) is 4.25. The summed E-state index contributed by atoms with van der Waals surface area (Å²) in [4.78, 5) is 11.9. The van der Waals surface area contributed by atoms with Crippen molar-refractivity contribution in [1.82, 2.24) is 3.97 Å². The van der Waals surface area contributed by atoms with E-state index >= 15 is 0 Å². The molecule has 182 valence electrons. The number of esters is 1. The first-order chi connectivity index (χ1) is 15.8. The van der Waals surface area contributed by atoms with Crippen molar-refractivity contribution in [3.05, 3.63) is 59.3 Å². The van der Waals surface area contributed by atoms with Crippen molar-refractivity contribution in [3.63, 3.8) is 0 Å². The van der Waals surface area contributed by atoms with E-state index in [-0.39, 0.29) is 28.1 Å². The molecule has 3 aromatic rings. The number of fused-ring (bicyclic) bond motifs is 2. The molecule has 0 amide bonds. The van der Waals surface area contributed by atoms with Gasteiger partial charge in [-0.25, -0.2) is 17.2 Å². The summed E-state index contributed by atoms with van der Waals surface area (Å²) >= 11 is 0. The Hall–Kier alpha value is -3.05. The van der Waals surface area contributed by atoms with Crippen molar-refractivity contribution in [2.75, 3.05) is 13.7 Å². The number of ether oxygens (including phenoxy) is 3. The van der Waals surface area contributed by atoms with Gasteiger partial charge in [0, 0.05) is 11.8 Å². The van der Waals surface area contributed by atoms with Crippen LogP contribution >= 0.6 is 0 Å². The fourth-order valence-corrected chi connectivity index (χ4v) is 5.38. The average Bonchev–Trinajstić information content (AvgIpc) is 3.39. The Bertz CT molecular complexity index is 1380. The largest absolute Gasteiger partial charge is 0.493 e. The van der Waals surface area contributed by atoms with Crippen molar-refractivity contribution in [3.8, 4) is 5.75 Å². The van der Waals surface area contributed by atoms with Crippen LogP contribution in [0.4, 0.5) is 13.2 Å². The minimum absolute atomic E-state index is 0.0392. The lowest BCUT2D eigenvalue weighted by molar-refractivity contribution is -0.166. The summed E-state index contributed by atoms with van der Waals surface area (Å²) in [5.74, 6) is -0.0921. The van der Waals surface area contributed by atoms with Gasteiger partial charge in [0.1, 0.15) is 5.75 Å². The van der Waals surface area contributed by atoms with Crippen molar-refractivity contribution in [2.24, 2.45) is 0 Å². The molecule has 0 saturated carbocycles. The SMILES string of the molecule is COC(=O)C(C)(C)OCc1cc2cc(C(F)(F)F)ccc2n1S(=O)(=O)c1ccc2c(c1)CCO2. The zero-order valence-electron chi connectivity index (χ0n) is 18.6. The van der Waals surface area contributed by atoms with E-state index in [4.69, 9.17) is 14.2 Å². The number of aromatic nitrogens is 1.